The minimum Gasteiger partial charge on any atom is -0.479 e. The van der Waals surface area contributed by atoms with Gasteiger partial charge in [0.05, 0.1) is 0 Å². The first-order valence-corrected chi connectivity index (χ1v) is 7.45. The Balaban J connectivity index is 1.89. The second kappa shape index (κ2) is 5.93. The Morgan fingerprint density at radius 1 is 1.39 bits per heavy atom. The summed E-state index contributed by atoms with van der Waals surface area (Å²) in [4.78, 5) is 24.9. The first kappa shape index (κ1) is 13.7. The molecule has 5 nitrogen and oxygen atoms in total. The molecular formula is C12H19NO4S. The molecule has 0 radical (unpaired) electrons. The van der Waals surface area contributed by atoms with Crippen LogP contribution in [0.25, 0.3) is 0 Å². The van der Waals surface area contributed by atoms with E-state index in [1.54, 1.807) is 0 Å². The predicted octanol–water partition coefficient (Wildman–Crippen LogP) is 0.973. The average Bonchev–Trinajstić information content (AvgIpc) is 2.87. The second-order valence-corrected chi connectivity index (χ2v) is 6.12. The van der Waals surface area contributed by atoms with Crippen LogP contribution in [0.3, 0.4) is 0 Å². The largest absolute Gasteiger partial charge is 0.479 e. The zero-order valence-electron chi connectivity index (χ0n) is 10.5. The van der Waals surface area contributed by atoms with E-state index < -0.39 is 18.2 Å². The van der Waals surface area contributed by atoms with Crippen LogP contribution in [0.15, 0.2) is 0 Å². The Labute approximate surface area is 111 Å². The molecule has 2 rings (SSSR count). The predicted molar refractivity (Wildman–Crippen MR) is 68.6 cm³/mol. The molecule has 0 aliphatic carbocycles. The monoisotopic (exact) mass is 273 g/mol. The fourth-order valence-electron chi connectivity index (χ4n) is 2.37. The Morgan fingerprint density at radius 3 is 2.72 bits per heavy atom. The van der Waals surface area contributed by atoms with Gasteiger partial charge < -0.3 is 14.7 Å². The fraction of sp³-hybridized carbons (Fsp3) is 0.833. The molecule has 3 atom stereocenters. The van der Waals surface area contributed by atoms with Gasteiger partial charge in [0.2, 0.25) is 0 Å². The highest BCUT2D eigenvalue weighted by Crippen LogP contribution is 2.25. The molecule has 2 aliphatic heterocycles. The van der Waals surface area contributed by atoms with E-state index in [0.717, 1.165) is 25.3 Å². The number of carbonyl (C=O) groups excluding carboxylic acids is 1. The van der Waals surface area contributed by atoms with Crippen molar-refractivity contribution in [3.8, 4) is 0 Å². The van der Waals surface area contributed by atoms with Gasteiger partial charge in [-0.05, 0) is 19.3 Å². The summed E-state index contributed by atoms with van der Waals surface area (Å²) in [6.45, 7) is 3.63. The van der Waals surface area contributed by atoms with Gasteiger partial charge >= 0.3 is 5.97 Å². The molecule has 2 saturated heterocycles. The zero-order valence-corrected chi connectivity index (χ0v) is 11.3. The Hall–Kier alpha value is -0.750. The summed E-state index contributed by atoms with van der Waals surface area (Å²) in [5.74, 6) is -0.0392. The lowest BCUT2D eigenvalue weighted by Gasteiger charge is -2.33. The lowest BCUT2D eigenvalue weighted by molar-refractivity contribution is -0.154. The van der Waals surface area contributed by atoms with Crippen molar-refractivity contribution < 1.29 is 19.4 Å². The van der Waals surface area contributed by atoms with Crippen molar-refractivity contribution >= 4 is 23.6 Å². The van der Waals surface area contributed by atoms with E-state index in [0.29, 0.717) is 18.1 Å². The molecule has 0 aromatic carbocycles. The molecule has 102 valence electrons. The van der Waals surface area contributed by atoms with Crippen molar-refractivity contribution in [1.29, 1.82) is 0 Å². The third-order valence-electron chi connectivity index (χ3n) is 3.48. The van der Waals surface area contributed by atoms with Crippen LogP contribution in [0.4, 0.5) is 0 Å². The maximum absolute atomic E-state index is 12.2. The lowest BCUT2D eigenvalue weighted by Crippen LogP contribution is -2.46. The van der Waals surface area contributed by atoms with Gasteiger partial charge in [0, 0.05) is 24.1 Å². The Bertz CT molecular complexity index is 336. The van der Waals surface area contributed by atoms with Gasteiger partial charge in [-0.1, -0.05) is 6.92 Å². The molecule has 1 N–H and O–H groups in total. The van der Waals surface area contributed by atoms with Crippen LogP contribution in [0.2, 0.25) is 0 Å². The summed E-state index contributed by atoms with van der Waals surface area (Å²) in [6.07, 6.45) is 0.659. The van der Waals surface area contributed by atoms with Gasteiger partial charge in [-0.15, -0.1) is 0 Å². The zero-order chi connectivity index (χ0) is 13.1. The summed E-state index contributed by atoms with van der Waals surface area (Å²) < 4.78 is 5.31. The molecule has 1 amide bonds. The van der Waals surface area contributed by atoms with E-state index >= 15 is 0 Å². The number of carbonyl (C=O) groups is 2. The summed E-state index contributed by atoms with van der Waals surface area (Å²) in [5, 5.41) is 9.35. The number of thioether (sulfide) groups is 1. The van der Waals surface area contributed by atoms with Crippen LogP contribution in [0, 0.1) is 0 Å². The van der Waals surface area contributed by atoms with E-state index in [1.807, 2.05) is 16.7 Å². The number of hydrogen-bond donors (Lipinski definition) is 1. The average molecular weight is 273 g/mol. The Kier molecular flexibility index (Phi) is 4.50. The molecule has 2 aliphatic rings. The lowest BCUT2D eigenvalue weighted by atomic mass is 10.1. The van der Waals surface area contributed by atoms with Crippen LogP contribution in [0.5, 0.6) is 0 Å². The Morgan fingerprint density at radius 2 is 2.11 bits per heavy atom. The van der Waals surface area contributed by atoms with Gasteiger partial charge in [-0.2, -0.15) is 11.8 Å². The standard InChI is InChI=1S/C12H19NO4S/c1-2-8-7-13(5-6-18-8)11(14)9-3-4-10(17-9)12(15)16/h8-10H,2-7H2,1H3,(H,15,16)/t8?,9-,10+/m0/s1. The molecule has 2 fully saturated rings. The highest BCUT2D eigenvalue weighted by atomic mass is 32.2. The van der Waals surface area contributed by atoms with Crippen molar-refractivity contribution in [2.75, 3.05) is 18.8 Å². The SMILES string of the molecule is CCC1CN(C(=O)[C@@H]2CC[C@H](C(=O)O)O2)CCS1. The second-order valence-electron chi connectivity index (χ2n) is 4.71. The summed E-state index contributed by atoms with van der Waals surface area (Å²) in [5.41, 5.74) is 0. The highest BCUT2D eigenvalue weighted by molar-refractivity contribution is 8.00. The maximum atomic E-state index is 12.2. The molecule has 0 saturated carbocycles. The molecular weight excluding hydrogens is 254 g/mol. The van der Waals surface area contributed by atoms with Gasteiger partial charge in [-0.25, -0.2) is 4.79 Å². The molecule has 1 unspecified atom stereocenters. The van der Waals surface area contributed by atoms with Crippen molar-refractivity contribution in [2.24, 2.45) is 0 Å². The molecule has 18 heavy (non-hydrogen) atoms. The molecule has 0 aromatic heterocycles. The third kappa shape index (κ3) is 2.98. The number of ether oxygens (including phenoxy) is 1. The number of carboxylic acids is 1. The fourth-order valence-corrected chi connectivity index (χ4v) is 3.55. The van der Waals surface area contributed by atoms with E-state index in [1.165, 1.54) is 0 Å². The number of rotatable bonds is 3. The highest BCUT2D eigenvalue weighted by Gasteiger charge is 2.37. The van der Waals surface area contributed by atoms with E-state index in [4.69, 9.17) is 9.84 Å². The molecule has 2 heterocycles. The van der Waals surface area contributed by atoms with Crippen LogP contribution < -0.4 is 0 Å². The molecule has 0 bridgehead atoms. The van der Waals surface area contributed by atoms with Gasteiger partial charge in [0.1, 0.15) is 6.10 Å². The van der Waals surface area contributed by atoms with E-state index in [9.17, 15) is 9.59 Å². The van der Waals surface area contributed by atoms with Gasteiger partial charge in [-0.3, -0.25) is 4.79 Å². The van der Waals surface area contributed by atoms with Gasteiger partial charge in [0.25, 0.3) is 5.91 Å². The number of hydrogen-bond acceptors (Lipinski definition) is 4. The quantitative estimate of drug-likeness (QED) is 0.830. The number of aliphatic carboxylic acids is 1. The van der Waals surface area contributed by atoms with Gasteiger partial charge in [0.15, 0.2) is 6.10 Å². The smallest absolute Gasteiger partial charge is 0.332 e. The minimum atomic E-state index is -0.967. The van der Waals surface area contributed by atoms with Crippen molar-refractivity contribution in [3.05, 3.63) is 0 Å². The molecule has 0 spiro atoms. The van der Waals surface area contributed by atoms with Crippen LogP contribution in [-0.2, 0) is 14.3 Å². The number of amides is 1. The van der Waals surface area contributed by atoms with Crippen molar-refractivity contribution in [2.45, 2.75) is 43.6 Å². The van der Waals surface area contributed by atoms with Crippen molar-refractivity contribution in [3.63, 3.8) is 0 Å². The molecule has 6 heteroatoms. The molecule has 0 aromatic rings. The minimum absolute atomic E-state index is 0.0301. The van der Waals surface area contributed by atoms with Crippen LogP contribution in [0.1, 0.15) is 26.2 Å². The first-order valence-electron chi connectivity index (χ1n) is 6.40. The first-order chi connectivity index (χ1) is 8.61. The normalized spacial score (nSPS) is 32.5. The van der Waals surface area contributed by atoms with Crippen molar-refractivity contribution in [1.82, 2.24) is 4.90 Å². The third-order valence-corrected chi connectivity index (χ3v) is 4.85. The summed E-state index contributed by atoms with van der Waals surface area (Å²) in [6, 6.07) is 0. The van der Waals surface area contributed by atoms with E-state index in [-0.39, 0.29) is 5.91 Å². The van der Waals surface area contributed by atoms with E-state index in [2.05, 4.69) is 6.92 Å². The maximum Gasteiger partial charge on any atom is 0.332 e. The summed E-state index contributed by atoms with van der Waals surface area (Å²) >= 11 is 1.90. The summed E-state index contributed by atoms with van der Waals surface area (Å²) in [7, 11) is 0. The number of nitrogens with zero attached hydrogens (tertiary/aromatic N) is 1. The van der Waals surface area contributed by atoms with Crippen LogP contribution in [-0.4, -0.2) is 58.2 Å². The topological polar surface area (TPSA) is 66.8 Å². The number of carboxylic acid groups (broad SMARTS) is 1. The van der Waals surface area contributed by atoms with Crippen LogP contribution >= 0.6 is 11.8 Å².